The van der Waals surface area contributed by atoms with Gasteiger partial charge in [-0.1, -0.05) is 6.07 Å². The Hall–Kier alpha value is -3.68. The maximum absolute atomic E-state index is 12.6. The summed E-state index contributed by atoms with van der Waals surface area (Å²) >= 11 is 0. The van der Waals surface area contributed by atoms with Crippen LogP contribution in [0.25, 0.3) is 0 Å². The number of rotatable bonds is 8. The molecule has 0 fully saturated rings. The number of aryl methyl sites for hydroxylation is 1. The average Bonchev–Trinajstić information content (AvgIpc) is 3.17. The van der Waals surface area contributed by atoms with Crippen molar-refractivity contribution in [1.29, 1.82) is 0 Å². The summed E-state index contributed by atoms with van der Waals surface area (Å²) < 4.78 is 40.7. The summed E-state index contributed by atoms with van der Waals surface area (Å²) in [5.74, 6) is 0.125. The summed E-state index contributed by atoms with van der Waals surface area (Å²) in [6, 6.07) is 14.2. The molecule has 0 unspecified atom stereocenters. The first-order chi connectivity index (χ1) is 14.3. The molecule has 0 radical (unpaired) electrons. The predicted octanol–water partition coefficient (Wildman–Crippen LogP) is 5.22. The third-order valence-corrected chi connectivity index (χ3v) is 4.13. The lowest BCUT2D eigenvalue weighted by Gasteiger charge is -2.12. The first-order valence-electron chi connectivity index (χ1n) is 9.01. The van der Waals surface area contributed by atoms with Gasteiger partial charge in [-0.2, -0.15) is 8.78 Å². The Balaban J connectivity index is 1.63. The molecule has 30 heavy (non-hydrogen) atoms. The fourth-order valence-electron chi connectivity index (χ4n) is 2.63. The van der Waals surface area contributed by atoms with Crippen molar-refractivity contribution in [2.24, 2.45) is 0 Å². The van der Waals surface area contributed by atoms with Gasteiger partial charge >= 0.3 is 6.61 Å². The van der Waals surface area contributed by atoms with E-state index in [1.54, 1.807) is 43.3 Å². The zero-order valence-electron chi connectivity index (χ0n) is 16.3. The molecule has 0 saturated carbocycles. The number of ketones is 1. The molecule has 0 aliphatic carbocycles. The minimum Gasteiger partial charge on any atom is -0.486 e. The highest BCUT2D eigenvalue weighted by Gasteiger charge is 2.16. The number of carbonyl (C=O) groups is 2. The first kappa shape index (κ1) is 21.0. The van der Waals surface area contributed by atoms with Gasteiger partial charge in [-0.15, -0.1) is 0 Å². The topological polar surface area (TPSA) is 77.8 Å². The minimum absolute atomic E-state index is 0.0101. The van der Waals surface area contributed by atoms with Gasteiger partial charge in [0.15, 0.2) is 11.5 Å². The molecule has 3 aromatic rings. The Kier molecular flexibility index (Phi) is 6.46. The van der Waals surface area contributed by atoms with Crippen molar-refractivity contribution in [3.8, 4) is 11.5 Å². The molecular weight excluding hydrogens is 396 g/mol. The van der Waals surface area contributed by atoms with E-state index in [2.05, 4.69) is 10.1 Å². The highest BCUT2D eigenvalue weighted by Crippen LogP contribution is 2.28. The lowest BCUT2D eigenvalue weighted by Crippen LogP contribution is -2.13. The van der Waals surface area contributed by atoms with E-state index >= 15 is 0 Å². The van der Waals surface area contributed by atoms with Crippen LogP contribution in [-0.4, -0.2) is 18.3 Å². The SMILES string of the molecule is CC(=O)c1ccc(OCc2ccc(C(=O)Nc3ccc(C)cc3OC(F)F)o2)cc1. The molecule has 0 saturated heterocycles. The highest BCUT2D eigenvalue weighted by atomic mass is 19.3. The second-order valence-corrected chi connectivity index (χ2v) is 6.47. The van der Waals surface area contributed by atoms with Gasteiger partial charge in [0.25, 0.3) is 5.91 Å². The largest absolute Gasteiger partial charge is 0.486 e. The Morgan fingerprint density at radius 3 is 2.47 bits per heavy atom. The Bertz CT molecular complexity index is 1040. The van der Waals surface area contributed by atoms with E-state index in [1.807, 2.05) is 0 Å². The fourth-order valence-corrected chi connectivity index (χ4v) is 2.63. The Labute approximate surface area is 171 Å². The highest BCUT2D eigenvalue weighted by molar-refractivity contribution is 6.03. The number of alkyl halides is 2. The second kappa shape index (κ2) is 9.21. The van der Waals surface area contributed by atoms with E-state index in [0.717, 1.165) is 0 Å². The molecule has 0 aliphatic rings. The quantitative estimate of drug-likeness (QED) is 0.510. The van der Waals surface area contributed by atoms with Crippen molar-refractivity contribution in [3.63, 3.8) is 0 Å². The smallest absolute Gasteiger partial charge is 0.387 e. The van der Waals surface area contributed by atoms with E-state index in [-0.39, 0.29) is 29.6 Å². The van der Waals surface area contributed by atoms with Gasteiger partial charge in [-0.05, 0) is 67.9 Å². The molecule has 8 heteroatoms. The van der Waals surface area contributed by atoms with Gasteiger partial charge in [0.1, 0.15) is 23.9 Å². The summed E-state index contributed by atoms with van der Waals surface area (Å²) in [7, 11) is 0. The first-order valence-corrected chi connectivity index (χ1v) is 9.01. The van der Waals surface area contributed by atoms with E-state index in [9.17, 15) is 18.4 Å². The molecule has 0 atom stereocenters. The van der Waals surface area contributed by atoms with Crippen LogP contribution in [0.5, 0.6) is 11.5 Å². The van der Waals surface area contributed by atoms with Crippen molar-refractivity contribution < 1.29 is 32.3 Å². The normalized spacial score (nSPS) is 10.7. The Morgan fingerprint density at radius 1 is 1.07 bits per heavy atom. The van der Waals surface area contributed by atoms with Crippen molar-refractivity contribution >= 4 is 17.4 Å². The van der Waals surface area contributed by atoms with Gasteiger partial charge in [-0.3, -0.25) is 9.59 Å². The van der Waals surface area contributed by atoms with Crippen molar-refractivity contribution in [2.75, 3.05) is 5.32 Å². The molecule has 156 valence electrons. The van der Waals surface area contributed by atoms with Crippen LogP contribution < -0.4 is 14.8 Å². The molecule has 1 amide bonds. The number of hydrogen-bond donors (Lipinski definition) is 1. The molecule has 3 rings (SSSR count). The van der Waals surface area contributed by atoms with Gasteiger partial charge in [0, 0.05) is 5.56 Å². The van der Waals surface area contributed by atoms with Crippen LogP contribution in [0.1, 0.15) is 39.2 Å². The van der Waals surface area contributed by atoms with Crippen LogP contribution in [0.2, 0.25) is 0 Å². The standard InChI is InChI=1S/C22H19F2NO5/c1-13-3-9-18(20(11-13)30-22(23)24)25-21(27)19-10-8-17(29-19)12-28-16-6-4-15(5-7-16)14(2)26/h3-11,22H,12H2,1-2H3,(H,25,27). The van der Waals surface area contributed by atoms with Crippen LogP contribution in [0, 0.1) is 6.92 Å². The number of amides is 1. The van der Waals surface area contributed by atoms with Gasteiger partial charge in [-0.25, -0.2) is 0 Å². The maximum atomic E-state index is 12.6. The van der Waals surface area contributed by atoms with Crippen molar-refractivity contribution in [1.82, 2.24) is 0 Å². The number of benzene rings is 2. The van der Waals surface area contributed by atoms with Gasteiger partial charge in [0.2, 0.25) is 0 Å². The third-order valence-electron chi connectivity index (χ3n) is 4.13. The summed E-state index contributed by atoms with van der Waals surface area (Å²) in [5, 5.41) is 2.50. The summed E-state index contributed by atoms with van der Waals surface area (Å²) in [4.78, 5) is 23.7. The number of hydrogen-bond acceptors (Lipinski definition) is 5. The number of anilines is 1. The zero-order chi connectivity index (χ0) is 21.7. The van der Waals surface area contributed by atoms with E-state index in [1.165, 1.54) is 25.1 Å². The number of halogens is 2. The van der Waals surface area contributed by atoms with Crippen LogP contribution in [0.15, 0.2) is 59.0 Å². The van der Waals surface area contributed by atoms with Crippen molar-refractivity contribution in [3.05, 3.63) is 77.2 Å². The van der Waals surface area contributed by atoms with Crippen LogP contribution in [-0.2, 0) is 6.61 Å². The molecule has 0 aliphatic heterocycles. The molecular formula is C22H19F2NO5. The molecule has 1 heterocycles. The minimum atomic E-state index is -3.01. The fraction of sp³-hybridized carbons (Fsp3) is 0.182. The van der Waals surface area contributed by atoms with Crippen LogP contribution >= 0.6 is 0 Å². The summed E-state index contributed by atoms with van der Waals surface area (Å²) in [6.45, 7) is 0.247. The number of furan rings is 1. The maximum Gasteiger partial charge on any atom is 0.387 e. The summed E-state index contributed by atoms with van der Waals surface area (Å²) in [6.07, 6.45) is 0. The molecule has 1 N–H and O–H groups in total. The van der Waals surface area contributed by atoms with E-state index < -0.39 is 12.5 Å². The molecule has 2 aromatic carbocycles. The predicted molar refractivity (Wildman–Crippen MR) is 105 cm³/mol. The third kappa shape index (κ3) is 5.44. The summed E-state index contributed by atoms with van der Waals surface area (Å²) in [5.41, 5.74) is 1.38. The number of Topliss-reactive ketones (excluding diaryl/α,β-unsaturated/α-hetero) is 1. The van der Waals surface area contributed by atoms with E-state index in [4.69, 9.17) is 9.15 Å². The van der Waals surface area contributed by atoms with Crippen LogP contribution in [0.4, 0.5) is 14.5 Å². The van der Waals surface area contributed by atoms with Gasteiger partial charge in [0.05, 0.1) is 5.69 Å². The zero-order valence-corrected chi connectivity index (χ0v) is 16.3. The monoisotopic (exact) mass is 415 g/mol. The molecule has 0 spiro atoms. The molecule has 0 bridgehead atoms. The lowest BCUT2D eigenvalue weighted by atomic mass is 10.1. The van der Waals surface area contributed by atoms with Gasteiger partial charge < -0.3 is 19.2 Å². The molecule has 1 aromatic heterocycles. The van der Waals surface area contributed by atoms with E-state index in [0.29, 0.717) is 22.6 Å². The lowest BCUT2D eigenvalue weighted by molar-refractivity contribution is -0.0494. The second-order valence-electron chi connectivity index (χ2n) is 6.47. The number of nitrogens with one attached hydrogen (secondary N) is 1. The number of ether oxygens (including phenoxy) is 2. The average molecular weight is 415 g/mol. The van der Waals surface area contributed by atoms with Crippen LogP contribution in [0.3, 0.4) is 0 Å². The Morgan fingerprint density at radius 2 is 1.80 bits per heavy atom. The molecule has 6 nitrogen and oxygen atoms in total. The number of carbonyl (C=O) groups excluding carboxylic acids is 2. The van der Waals surface area contributed by atoms with Crippen molar-refractivity contribution in [2.45, 2.75) is 27.1 Å².